The van der Waals surface area contributed by atoms with Crippen molar-refractivity contribution in [2.24, 2.45) is 0 Å². The summed E-state index contributed by atoms with van der Waals surface area (Å²) in [5, 5.41) is 0. The average molecular weight is 459 g/mol. The van der Waals surface area contributed by atoms with Gasteiger partial charge in [0.05, 0.1) is 5.69 Å². The largest absolute Gasteiger partial charge is 0.333 e. The van der Waals surface area contributed by atoms with Crippen LogP contribution in [0.15, 0.2) is 36.5 Å². The van der Waals surface area contributed by atoms with Crippen molar-refractivity contribution in [3.63, 3.8) is 0 Å². The van der Waals surface area contributed by atoms with E-state index in [1.807, 2.05) is 0 Å². The molecule has 6 nitrogen and oxygen atoms in total. The minimum Gasteiger partial charge on any atom is -0.333 e. The van der Waals surface area contributed by atoms with Gasteiger partial charge in [-0.15, -0.1) is 0 Å². The number of halogens is 2. The first-order chi connectivity index (χ1) is 15.8. The molecule has 0 bridgehead atoms. The first-order valence-electron chi connectivity index (χ1n) is 11.5. The number of nitrogens with zero attached hydrogens (tertiary/aromatic N) is 4. The molecule has 0 spiro atoms. The average Bonchev–Trinajstić information content (AvgIpc) is 2.80. The van der Waals surface area contributed by atoms with Gasteiger partial charge in [-0.25, -0.2) is 8.78 Å². The Morgan fingerprint density at radius 2 is 1.73 bits per heavy atom. The van der Waals surface area contributed by atoms with Crippen molar-refractivity contribution >= 4 is 17.5 Å². The van der Waals surface area contributed by atoms with Crippen molar-refractivity contribution in [3.05, 3.63) is 59.4 Å². The third-order valence-electron chi connectivity index (χ3n) is 5.98. The van der Waals surface area contributed by atoms with Crippen molar-refractivity contribution < 1.29 is 18.4 Å². The van der Waals surface area contributed by atoms with Gasteiger partial charge in [0.1, 0.15) is 5.69 Å². The second kappa shape index (κ2) is 11.3. The molecule has 0 unspecified atom stereocenters. The van der Waals surface area contributed by atoms with Crippen LogP contribution >= 0.6 is 0 Å². The highest BCUT2D eigenvalue weighted by Crippen LogP contribution is 2.28. The lowest BCUT2D eigenvalue weighted by molar-refractivity contribution is -0.118. The van der Waals surface area contributed by atoms with Crippen molar-refractivity contribution in [1.29, 1.82) is 0 Å². The van der Waals surface area contributed by atoms with E-state index in [1.165, 1.54) is 4.90 Å². The number of hydrogen-bond acceptors (Lipinski definition) is 4. The molecule has 1 aromatic carbocycles. The lowest BCUT2D eigenvalue weighted by Gasteiger charge is -2.33. The van der Waals surface area contributed by atoms with Crippen LogP contribution < -0.4 is 4.90 Å². The quantitative estimate of drug-likeness (QED) is 0.690. The summed E-state index contributed by atoms with van der Waals surface area (Å²) in [4.78, 5) is 35.7. The fraction of sp³-hybridized carbons (Fsp3) is 0.480. The zero-order chi connectivity index (χ0) is 24.0. The molecule has 2 heterocycles. The Kier molecular flexibility index (Phi) is 8.49. The van der Waals surface area contributed by atoms with E-state index in [1.54, 1.807) is 36.2 Å². The molecule has 1 aromatic heterocycles. The molecular weight excluding hydrogens is 426 g/mol. The molecule has 2 amide bonds. The number of carbonyl (C=O) groups excluding carboxylic acids is 2. The van der Waals surface area contributed by atoms with Crippen LogP contribution in [0.25, 0.3) is 0 Å². The van der Waals surface area contributed by atoms with Gasteiger partial charge in [0.25, 0.3) is 5.91 Å². The molecule has 0 fully saturated rings. The summed E-state index contributed by atoms with van der Waals surface area (Å²) in [6, 6.07) is 7.59. The van der Waals surface area contributed by atoms with Crippen LogP contribution in [0.1, 0.15) is 56.1 Å². The van der Waals surface area contributed by atoms with E-state index in [0.29, 0.717) is 36.8 Å². The van der Waals surface area contributed by atoms with Crippen LogP contribution in [-0.4, -0.2) is 58.8 Å². The normalized spacial score (nSPS) is 16.2. The molecule has 1 aliphatic heterocycles. The van der Waals surface area contributed by atoms with Crippen molar-refractivity contribution in [2.45, 2.75) is 52.6 Å². The van der Waals surface area contributed by atoms with Crippen LogP contribution in [0, 0.1) is 11.6 Å². The highest BCUT2D eigenvalue weighted by atomic mass is 19.2. The van der Waals surface area contributed by atoms with E-state index in [4.69, 9.17) is 0 Å². The fourth-order valence-corrected chi connectivity index (χ4v) is 4.16. The van der Waals surface area contributed by atoms with Gasteiger partial charge < -0.3 is 14.7 Å². The highest BCUT2D eigenvalue weighted by Gasteiger charge is 2.25. The standard InChI is InChI=1S/C25H32F2N4O2/c1-4-24(32)31-14-8-12-29(18(2)3)11-7-13-30(25(33)22-9-5-6-10-28-22)17-19-15-20(26)21(27)16-23(19)31/h5-6,9-10,15-16,18H,4,7-8,11-14,17H2,1-3H3. The molecule has 178 valence electrons. The molecule has 0 N–H and O–H groups in total. The summed E-state index contributed by atoms with van der Waals surface area (Å²) in [5.41, 5.74) is 1.01. The number of aromatic nitrogens is 1. The van der Waals surface area contributed by atoms with Crippen LogP contribution in [0.4, 0.5) is 14.5 Å². The molecular formula is C25H32F2N4O2. The Balaban J connectivity index is 2.05. The Morgan fingerprint density at radius 1 is 1.03 bits per heavy atom. The molecule has 1 aliphatic rings. The number of fused-ring (bicyclic) bond motifs is 1. The predicted octanol–water partition coefficient (Wildman–Crippen LogP) is 4.25. The van der Waals surface area contributed by atoms with E-state index in [9.17, 15) is 18.4 Å². The zero-order valence-electron chi connectivity index (χ0n) is 19.6. The number of amides is 2. The van der Waals surface area contributed by atoms with Gasteiger partial charge in [-0.05, 0) is 50.5 Å². The molecule has 0 radical (unpaired) electrons. The van der Waals surface area contributed by atoms with Crippen molar-refractivity contribution in [1.82, 2.24) is 14.8 Å². The third-order valence-corrected chi connectivity index (χ3v) is 5.98. The van der Waals surface area contributed by atoms with Gasteiger partial charge in [0.2, 0.25) is 5.91 Å². The summed E-state index contributed by atoms with van der Waals surface area (Å²) in [6.07, 6.45) is 3.23. The van der Waals surface area contributed by atoms with Gasteiger partial charge in [-0.3, -0.25) is 14.6 Å². The second-order valence-corrected chi connectivity index (χ2v) is 8.57. The van der Waals surface area contributed by atoms with E-state index in [0.717, 1.165) is 31.6 Å². The molecule has 33 heavy (non-hydrogen) atoms. The van der Waals surface area contributed by atoms with Gasteiger partial charge >= 0.3 is 0 Å². The number of pyridine rings is 1. The topological polar surface area (TPSA) is 56.8 Å². The van der Waals surface area contributed by atoms with Crippen molar-refractivity contribution in [3.8, 4) is 0 Å². The fourth-order valence-electron chi connectivity index (χ4n) is 4.16. The van der Waals surface area contributed by atoms with Gasteiger partial charge in [-0.1, -0.05) is 13.0 Å². The van der Waals surface area contributed by atoms with Crippen LogP contribution in [0.2, 0.25) is 0 Å². The van der Waals surface area contributed by atoms with E-state index in [2.05, 4.69) is 23.7 Å². The van der Waals surface area contributed by atoms with E-state index >= 15 is 0 Å². The SMILES string of the molecule is CCC(=O)N1CCCN(C(C)C)CCCN(C(=O)c2ccccn2)Cc2cc(F)c(F)cc21. The smallest absolute Gasteiger partial charge is 0.272 e. The molecule has 8 heteroatoms. The summed E-state index contributed by atoms with van der Waals surface area (Å²) in [6.45, 7) is 8.40. The summed E-state index contributed by atoms with van der Waals surface area (Å²) >= 11 is 0. The number of hydrogen-bond donors (Lipinski definition) is 0. The minimum atomic E-state index is -1.01. The second-order valence-electron chi connectivity index (χ2n) is 8.57. The van der Waals surface area contributed by atoms with Crippen LogP contribution in [0.5, 0.6) is 0 Å². The molecule has 0 saturated heterocycles. The molecule has 2 aromatic rings. The Bertz CT molecular complexity index is 968. The maximum absolute atomic E-state index is 14.3. The first kappa shape index (κ1) is 24.8. The Hall–Kier alpha value is -2.87. The minimum absolute atomic E-state index is 0.0527. The summed E-state index contributed by atoms with van der Waals surface area (Å²) in [7, 11) is 0. The van der Waals surface area contributed by atoms with E-state index < -0.39 is 11.6 Å². The number of anilines is 1. The highest BCUT2D eigenvalue weighted by molar-refractivity contribution is 5.94. The molecule has 0 atom stereocenters. The molecule has 0 saturated carbocycles. The van der Waals surface area contributed by atoms with Gasteiger partial charge in [0.15, 0.2) is 11.6 Å². The number of carbonyl (C=O) groups is 2. The van der Waals surface area contributed by atoms with Crippen molar-refractivity contribution in [2.75, 3.05) is 31.1 Å². The van der Waals surface area contributed by atoms with E-state index in [-0.39, 0.29) is 30.5 Å². The molecule has 3 rings (SSSR count). The van der Waals surface area contributed by atoms with Crippen LogP contribution in [-0.2, 0) is 11.3 Å². The monoisotopic (exact) mass is 458 g/mol. The molecule has 0 aliphatic carbocycles. The Labute approximate surface area is 194 Å². The first-order valence-corrected chi connectivity index (χ1v) is 11.5. The lowest BCUT2D eigenvalue weighted by atomic mass is 10.1. The lowest BCUT2D eigenvalue weighted by Crippen LogP contribution is -2.40. The summed E-state index contributed by atoms with van der Waals surface area (Å²) in [5.74, 6) is -2.46. The summed E-state index contributed by atoms with van der Waals surface area (Å²) < 4.78 is 28.6. The zero-order valence-corrected chi connectivity index (χ0v) is 19.6. The van der Waals surface area contributed by atoms with Gasteiger partial charge in [-0.2, -0.15) is 0 Å². The van der Waals surface area contributed by atoms with Crippen LogP contribution in [0.3, 0.4) is 0 Å². The van der Waals surface area contributed by atoms with Gasteiger partial charge in [0, 0.05) is 57.4 Å². The maximum Gasteiger partial charge on any atom is 0.272 e. The number of rotatable bonds is 3. The maximum atomic E-state index is 14.3. The Morgan fingerprint density at radius 3 is 2.36 bits per heavy atom. The number of benzene rings is 1. The predicted molar refractivity (Wildman–Crippen MR) is 124 cm³/mol. The third kappa shape index (κ3) is 6.13.